The van der Waals surface area contributed by atoms with Crippen LogP contribution in [-0.2, 0) is 4.79 Å². The minimum absolute atomic E-state index is 0.0350. The van der Waals surface area contributed by atoms with Gasteiger partial charge < -0.3 is 15.0 Å². The van der Waals surface area contributed by atoms with Crippen molar-refractivity contribution < 1.29 is 13.9 Å². The second-order valence-electron chi connectivity index (χ2n) is 9.24. The molecule has 1 amide bonds. The molecule has 1 aliphatic heterocycles. The molecule has 0 saturated carbocycles. The third kappa shape index (κ3) is 5.19. The lowest BCUT2D eigenvalue weighted by molar-refractivity contribution is -0.122. The van der Waals surface area contributed by atoms with Crippen LogP contribution in [0.1, 0.15) is 49.7 Å². The summed E-state index contributed by atoms with van der Waals surface area (Å²) in [5, 5.41) is 2.78. The van der Waals surface area contributed by atoms with Crippen molar-refractivity contribution in [3.8, 4) is 5.75 Å². The molecule has 33 heavy (non-hydrogen) atoms. The van der Waals surface area contributed by atoms with E-state index in [4.69, 9.17) is 4.74 Å². The number of ether oxygens (including phenoxy) is 1. The van der Waals surface area contributed by atoms with Crippen LogP contribution in [0.5, 0.6) is 5.75 Å². The molecule has 2 aromatic carbocycles. The molecule has 0 bridgehead atoms. The van der Waals surface area contributed by atoms with E-state index in [9.17, 15) is 4.79 Å². The molecule has 1 aliphatic carbocycles. The fourth-order valence-electron chi connectivity index (χ4n) is 4.74. The highest BCUT2D eigenvalue weighted by molar-refractivity contribution is 6.00. The van der Waals surface area contributed by atoms with Gasteiger partial charge in [-0.2, -0.15) is 0 Å². The Labute approximate surface area is 196 Å². The van der Waals surface area contributed by atoms with Crippen LogP contribution in [0.3, 0.4) is 0 Å². The standard InChI is InChI=1S/C28H33FN2O2/c1-20(2)31-17-13-23(14-18-31)25-19-24(9-10-26(25)33-3)30-27(32)28(29)15-11-22(12-16-28)21-7-5-4-6-8-21/h4-12,15-16,19-20,22-23H,13-14,17-18H2,1-3H3,(H,30,32). The molecule has 4 rings (SSSR count). The lowest BCUT2D eigenvalue weighted by Gasteiger charge is -2.35. The van der Waals surface area contributed by atoms with Gasteiger partial charge >= 0.3 is 0 Å². The van der Waals surface area contributed by atoms with Gasteiger partial charge in [0.05, 0.1) is 7.11 Å². The number of halogens is 1. The Morgan fingerprint density at radius 2 is 1.76 bits per heavy atom. The maximum atomic E-state index is 15.4. The van der Waals surface area contributed by atoms with Crippen LogP contribution in [0.2, 0.25) is 0 Å². The van der Waals surface area contributed by atoms with Gasteiger partial charge in [-0.25, -0.2) is 4.39 Å². The Kier molecular flexibility index (Phi) is 6.99. The number of hydrogen-bond donors (Lipinski definition) is 1. The first-order valence-corrected chi connectivity index (χ1v) is 11.8. The van der Waals surface area contributed by atoms with Gasteiger partial charge in [0.2, 0.25) is 5.67 Å². The predicted molar refractivity (Wildman–Crippen MR) is 132 cm³/mol. The lowest BCUT2D eigenvalue weighted by Crippen LogP contribution is -2.38. The predicted octanol–water partition coefficient (Wildman–Crippen LogP) is 5.84. The minimum atomic E-state index is -2.17. The van der Waals surface area contributed by atoms with Gasteiger partial charge in [-0.15, -0.1) is 0 Å². The Morgan fingerprint density at radius 1 is 1.09 bits per heavy atom. The zero-order valence-corrected chi connectivity index (χ0v) is 19.6. The summed E-state index contributed by atoms with van der Waals surface area (Å²) in [6.45, 7) is 6.52. The van der Waals surface area contributed by atoms with Crippen LogP contribution >= 0.6 is 0 Å². The maximum Gasteiger partial charge on any atom is 0.270 e. The number of likely N-dealkylation sites (tertiary alicyclic amines) is 1. The van der Waals surface area contributed by atoms with E-state index < -0.39 is 11.6 Å². The van der Waals surface area contributed by atoms with E-state index in [2.05, 4.69) is 24.1 Å². The number of piperidine rings is 1. The number of allylic oxidation sites excluding steroid dienone is 2. The normalized spacial score (nSPS) is 23.6. The third-order valence-corrected chi connectivity index (χ3v) is 6.81. The molecular formula is C28H33FN2O2. The van der Waals surface area contributed by atoms with E-state index in [1.54, 1.807) is 25.3 Å². The number of alkyl halides is 1. The minimum Gasteiger partial charge on any atom is -0.496 e. The fourth-order valence-corrected chi connectivity index (χ4v) is 4.74. The van der Waals surface area contributed by atoms with Crippen molar-refractivity contribution in [1.29, 1.82) is 0 Å². The number of hydrogen-bond acceptors (Lipinski definition) is 3. The summed E-state index contributed by atoms with van der Waals surface area (Å²) in [6.07, 6.45) is 8.27. The number of amides is 1. The highest BCUT2D eigenvalue weighted by Gasteiger charge is 2.35. The highest BCUT2D eigenvalue weighted by Crippen LogP contribution is 2.37. The van der Waals surface area contributed by atoms with Crippen molar-refractivity contribution in [1.82, 2.24) is 4.90 Å². The number of anilines is 1. The van der Waals surface area contributed by atoms with Gasteiger partial charge in [-0.3, -0.25) is 4.79 Å². The van der Waals surface area contributed by atoms with Crippen LogP contribution < -0.4 is 10.1 Å². The molecule has 0 spiro atoms. The Hall–Kier alpha value is -2.92. The van der Waals surface area contributed by atoms with Crippen molar-refractivity contribution >= 4 is 11.6 Å². The van der Waals surface area contributed by atoms with E-state index in [1.165, 1.54) is 12.2 Å². The van der Waals surface area contributed by atoms with Crippen molar-refractivity contribution in [2.24, 2.45) is 0 Å². The Balaban J connectivity index is 1.46. The number of rotatable bonds is 6. The second-order valence-corrected chi connectivity index (χ2v) is 9.24. The average molecular weight is 449 g/mol. The molecule has 174 valence electrons. The van der Waals surface area contributed by atoms with Crippen molar-refractivity contribution in [3.63, 3.8) is 0 Å². The van der Waals surface area contributed by atoms with Crippen LogP contribution in [0.25, 0.3) is 0 Å². The summed E-state index contributed by atoms with van der Waals surface area (Å²) in [4.78, 5) is 15.3. The summed E-state index contributed by atoms with van der Waals surface area (Å²) < 4.78 is 21.0. The van der Waals surface area contributed by atoms with E-state index in [1.807, 2.05) is 42.5 Å². The zero-order chi connectivity index (χ0) is 23.4. The van der Waals surface area contributed by atoms with Gasteiger partial charge in [0.25, 0.3) is 5.91 Å². The van der Waals surface area contributed by atoms with E-state index in [-0.39, 0.29) is 5.92 Å². The summed E-state index contributed by atoms with van der Waals surface area (Å²) in [5.41, 5.74) is 0.556. The molecule has 2 aromatic rings. The third-order valence-electron chi connectivity index (χ3n) is 6.81. The number of carbonyl (C=O) groups excluding carboxylic acids is 1. The Bertz CT molecular complexity index is 1010. The molecule has 4 nitrogen and oxygen atoms in total. The molecular weight excluding hydrogens is 415 g/mol. The van der Waals surface area contributed by atoms with Gasteiger partial charge in [-0.05, 0) is 87.2 Å². The van der Waals surface area contributed by atoms with Crippen molar-refractivity contribution in [3.05, 3.63) is 84.0 Å². The van der Waals surface area contributed by atoms with Gasteiger partial charge in [0.15, 0.2) is 0 Å². The molecule has 1 fully saturated rings. The first kappa shape index (κ1) is 23.2. The quantitative estimate of drug-likeness (QED) is 0.565. The summed E-state index contributed by atoms with van der Waals surface area (Å²) in [7, 11) is 1.66. The smallest absolute Gasteiger partial charge is 0.270 e. The monoisotopic (exact) mass is 448 g/mol. The topological polar surface area (TPSA) is 41.6 Å². The zero-order valence-electron chi connectivity index (χ0n) is 19.6. The van der Waals surface area contributed by atoms with E-state index in [0.29, 0.717) is 17.6 Å². The van der Waals surface area contributed by atoms with Crippen LogP contribution in [0, 0.1) is 0 Å². The Morgan fingerprint density at radius 3 is 2.36 bits per heavy atom. The molecule has 1 heterocycles. The average Bonchev–Trinajstić information content (AvgIpc) is 2.85. The summed E-state index contributed by atoms with van der Waals surface area (Å²) >= 11 is 0. The molecule has 0 radical (unpaired) electrons. The first-order chi connectivity index (χ1) is 15.9. The van der Waals surface area contributed by atoms with Crippen LogP contribution in [0.15, 0.2) is 72.8 Å². The van der Waals surface area contributed by atoms with Crippen LogP contribution in [-0.4, -0.2) is 42.7 Å². The number of benzene rings is 2. The molecule has 0 atom stereocenters. The van der Waals surface area contributed by atoms with E-state index in [0.717, 1.165) is 42.8 Å². The number of carbonyl (C=O) groups is 1. The first-order valence-electron chi connectivity index (χ1n) is 11.8. The highest BCUT2D eigenvalue weighted by atomic mass is 19.1. The SMILES string of the molecule is COc1ccc(NC(=O)C2(F)C=CC(c3ccccc3)C=C2)cc1C1CCN(C(C)C)CC1. The van der Waals surface area contributed by atoms with Gasteiger partial charge in [0.1, 0.15) is 5.75 Å². The summed E-state index contributed by atoms with van der Waals surface area (Å²) in [5.74, 6) is 0.445. The number of methoxy groups -OCH3 is 1. The summed E-state index contributed by atoms with van der Waals surface area (Å²) in [6, 6.07) is 16.0. The molecule has 5 heteroatoms. The van der Waals surface area contributed by atoms with Gasteiger partial charge in [-0.1, -0.05) is 42.5 Å². The van der Waals surface area contributed by atoms with Crippen molar-refractivity contribution in [2.45, 2.75) is 50.2 Å². The fraction of sp³-hybridized carbons (Fsp3) is 0.393. The maximum absolute atomic E-state index is 15.4. The van der Waals surface area contributed by atoms with Gasteiger partial charge in [0, 0.05) is 17.6 Å². The second kappa shape index (κ2) is 9.92. The molecule has 0 unspecified atom stereocenters. The lowest BCUT2D eigenvalue weighted by atomic mass is 9.87. The van der Waals surface area contributed by atoms with Crippen LogP contribution in [0.4, 0.5) is 10.1 Å². The van der Waals surface area contributed by atoms with Crippen molar-refractivity contribution in [2.75, 3.05) is 25.5 Å². The molecule has 0 aromatic heterocycles. The molecule has 2 aliphatic rings. The van der Waals surface area contributed by atoms with E-state index >= 15 is 4.39 Å². The molecule has 1 saturated heterocycles. The number of nitrogens with one attached hydrogen (secondary N) is 1. The number of nitrogens with zero attached hydrogens (tertiary/aromatic N) is 1. The molecule has 1 N–H and O–H groups in total. The largest absolute Gasteiger partial charge is 0.496 e.